The van der Waals surface area contributed by atoms with Crippen molar-refractivity contribution >= 4 is 5.78 Å². The van der Waals surface area contributed by atoms with Crippen molar-refractivity contribution in [2.75, 3.05) is 0 Å². The van der Waals surface area contributed by atoms with Crippen molar-refractivity contribution in [1.82, 2.24) is 0 Å². The van der Waals surface area contributed by atoms with E-state index in [0.717, 1.165) is 31.1 Å². The number of ketones is 1. The van der Waals surface area contributed by atoms with E-state index < -0.39 is 0 Å². The van der Waals surface area contributed by atoms with E-state index in [1.165, 1.54) is 25.7 Å². The predicted octanol–water partition coefficient (Wildman–Crippen LogP) is 2.51. The summed E-state index contributed by atoms with van der Waals surface area (Å²) in [6.45, 7) is 2.09. The SMILES string of the molecule is CCCC(N)C(=O)CC1CC2CCC1C2. The smallest absolute Gasteiger partial charge is 0.149 e. The first-order valence-corrected chi connectivity index (χ1v) is 6.49. The fourth-order valence-corrected chi connectivity index (χ4v) is 3.51. The van der Waals surface area contributed by atoms with Crippen LogP contribution < -0.4 is 5.73 Å². The molecule has 86 valence electrons. The summed E-state index contributed by atoms with van der Waals surface area (Å²) in [7, 11) is 0. The van der Waals surface area contributed by atoms with Gasteiger partial charge in [-0.3, -0.25) is 4.79 Å². The van der Waals surface area contributed by atoms with Gasteiger partial charge in [-0.1, -0.05) is 19.8 Å². The van der Waals surface area contributed by atoms with Crippen LogP contribution in [0.2, 0.25) is 0 Å². The molecule has 2 saturated carbocycles. The Morgan fingerprint density at radius 1 is 1.40 bits per heavy atom. The average Bonchev–Trinajstić information content (AvgIpc) is 2.79. The van der Waals surface area contributed by atoms with Crippen molar-refractivity contribution in [3.8, 4) is 0 Å². The lowest BCUT2D eigenvalue weighted by molar-refractivity contribution is -0.121. The molecule has 15 heavy (non-hydrogen) atoms. The second-order valence-electron chi connectivity index (χ2n) is 5.50. The Kier molecular flexibility index (Phi) is 3.45. The minimum Gasteiger partial charge on any atom is -0.322 e. The van der Waals surface area contributed by atoms with Gasteiger partial charge in [-0.15, -0.1) is 0 Å². The molecule has 2 fully saturated rings. The zero-order chi connectivity index (χ0) is 10.8. The number of hydrogen-bond donors (Lipinski definition) is 1. The Morgan fingerprint density at radius 2 is 2.20 bits per heavy atom. The second-order valence-corrected chi connectivity index (χ2v) is 5.50. The van der Waals surface area contributed by atoms with Crippen molar-refractivity contribution in [2.45, 2.75) is 57.9 Å². The Balaban J connectivity index is 1.79. The molecule has 2 N–H and O–H groups in total. The van der Waals surface area contributed by atoms with E-state index in [4.69, 9.17) is 5.73 Å². The summed E-state index contributed by atoms with van der Waals surface area (Å²) in [4.78, 5) is 11.8. The lowest BCUT2D eigenvalue weighted by Gasteiger charge is -2.22. The minimum absolute atomic E-state index is 0.186. The zero-order valence-corrected chi connectivity index (χ0v) is 9.74. The number of nitrogens with two attached hydrogens (primary N) is 1. The molecular weight excluding hydrogens is 186 g/mol. The Hall–Kier alpha value is -0.370. The van der Waals surface area contributed by atoms with Gasteiger partial charge in [-0.2, -0.15) is 0 Å². The molecule has 0 radical (unpaired) electrons. The number of fused-ring (bicyclic) bond motifs is 2. The van der Waals surface area contributed by atoms with Gasteiger partial charge in [0.2, 0.25) is 0 Å². The maximum atomic E-state index is 11.8. The van der Waals surface area contributed by atoms with Gasteiger partial charge >= 0.3 is 0 Å². The highest BCUT2D eigenvalue weighted by atomic mass is 16.1. The first-order valence-electron chi connectivity index (χ1n) is 6.49. The molecule has 0 amide bonds. The summed E-state index contributed by atoms with van der Waals surface area (Å²) < 4.78 is 0. The Bertz CT molecular complexity index is 239. The molecule has 2 bridgehead atoms. The lowest BCUT2D eigenvalue weighted by Crippen LogP contribution is -2.32. The van der Waals surface area contributed by atoms with Crippen LogP contribution in [0.5, 0.6) is 0 Å². The third-order valence-corrected chi connectivity index (χ3v) is 4.36. The minimum atomic E-state index is -0.186. The fraction of sp³-hybridized carbons (Fsp3) is 0.923. The van der Waals surface area contributed by atoms with Crippen molar-refractivity contribution in [1.29, 1.82) is 0 Å². The second kappa shape index (κ2) is 4.65. The van der Waals surface area contributed by atoms with E-state index in [1.54, 1.807) is 0 Å². The quantitative estimate of drug-likeness (QED) is 0.756. The van der Waals surface area contributed by atoms with E-state index >= 15 is 0 Å². The number of rotatable bonds is 5. The summed E-state index contributed by atoms with van der Waals surface area (Å²) in [5.41, 5.74) is 5.85. The molecular formula is C13H23NO. The van der Waals surface area contributed by atoms with Gasteiger partial charge in [0.25, 0.3) is 0 Å². The van der Waals surface area contributed by atoms with E-state index in [1.807, 2.05) is 0 Å². The van der Waals surface area contributed by atoms with Crippen LogP contribution in [0.4, 0.5) is 0 Å². The number of carbonyl (C=O) groups excluding carboxylic acids is 1. The first-order chi connectivity index (χ1) is 7.20. The highest BCUT2D eigenvalue weighted by molar-refractivity contribution is 5.84. The maximum Gasteiger partial charge on any atom is 0.149 e. The predicted molar refractivity (Wildman–Crippen MR) is 61.4 cm³/mol. The van der Waals surface area contributed by atoms with E-state index in [9.17, 15) is 4.79 Å². The van der Waals surface area contributed by atoms with Crippen LogP contribution in [0.15, 0.2) is 0 Å². The topological polar surface area (TPSA) is 43.1 Å². The van der Waals surface area contributed by atoms with E-state index in [-0.39, 0.29) is 6.04 Å². The van der Waals surface area contributed by atoms with Gasteiger partial charge in [-0.25, -0.2) is 0 Å². The molecule has 0 aromatic carbocycles. The summed E-state index contributed by atoms with van der Waals surface area (Å²) in [6, 6.07) is -0.186. The van der Waals surface area contributed by atoms with Crippen molar-refractivity contribution in [2.24, 2.45) is 23.5 Å². The fourth-order valence-electron chi connectivity index (χ4n) is 3.51. The number of Topliss-reactive ketones (excluding diaryl/α,β-unsaturated/α-hetero) is 1. The molecule has 0 aromatic rings. The van der Waals surface area contributed by atoms with Crippen LogP contribution >= 0.6 is 0 Å². The standard InChI is InChI=1S/C13H23NO/c1-2-3-12(14)13(15)8-11-7-9-4-5-10(11)6-9/h9-12H,2-8,14H2,1H3. The van der Waals surface area contributed by atoms with Crippen LogP contribution in [0.25, 0.3) is 0 Å². The molecule has 0 heterocycles. The normalized spacial score (nSPS) is 35.7. The van der Waals surface area contributed by atoms with Crippen LogP contribution in [0.1, 0.15) is 51.9 Å². The van der Waals surface area contributed by atoms with Crippen molar-refractivity contribution in [3.05, 3.63) is 0 Å². The molecule has 4 unspecified atom stereocenters. The summed E-state index contributed by atoms with van der Waals surface area (Å²) in [5.74, 6) is 2.79. The van der Waals surface area contributed by atoms with Crippen LogP contribution in [0.3, 0.4) is 0 Å². The molecule has 0 aromatic heterocycles. The molecule has 2 aliphatic rings. The highest BCUT2D eigenvalue weighted by Crippen LogP contribution is 2.49. The van der Waals surface area contributed by atoms with E-state index in [0.29, 0.717) is 11.7 Å². The zero-order valence-electron chi connectivity index (χ0n) is 9.74. The highest BCUT2D eigenvalue weighted by Gasteiger charge is 2.40. The van der Waals surface area contributed by atoms with Gasteiger partial charge < -0.3 is 5.73 Å². The van der Waals surface area contributed by atoms with Crippen molar-refractivity contribution < 1.29 is 4.79 Å². The summed E-state index contributed by atoms with van der Waals surface area (Å²) >= 11 is 0. The lowest BCUT2D eigenvalue weighted by atomic mass is 9.84. The number of hydrogen-bond acceptors (Lipinski definition) is 2. The molecule has 2 nitrogen and oxygen atoms in total. The molecule has 0 saturated heterocycles. The largest absolute Gasteiger partial charge is 0.322 e. The maximum absolute atomic E-state index is 11.8. The van der Waals surface area contributed by atoms with Crippen LogP contribution in [-0.4, -0.2) is 11.8 Å². The molecule has 4 atom stereocenters. The average molecular weight is 209 g/mol. The third kappa shape index (κ3) is 2.41. The molecule has 0 aliphatic heterocycles. The number of carbonyl (C=O) groups is 1. The van der Waals surface area contributed by atoms with Gasteiger partial charge in [-0.05, 0) is 43.4 Å². The molecule has 2 aliphatic carbocycles. The monoisotopic (exact) mass is 209 g/mol. The Labute approximate surface area is 92.6 Å². The van der Waals surface area contributed by atoms with Gasteiger partial charge in [0.05, 0.1) is 6.04 Å². The molecule has 2 rings (SSSR count). The Morgan fingerprint density at radius 3 is 2.73 bits per heavy atom. The van der Waals surface area contributed by atoms with Crippen molar-refractivity contribution in [3.63, 3.8) is 0 Å². The van der Waals surface area contributed by atoms with Gasteiger partial charge in [0, 0.05) is 6.42 Å². The molecule has 0 spiro atoms. The van der Waals surface area contributed by atoms with Gasteiger partial charge in [0.1, 0.15) is 5.78 Å². The van der Waals surface area contributed by atoms with Crippen LogP contribution in [0, 0.1) is 17.8 Å². The van der Waals surface area contributed by atoms with E-state index in [2.05, 4.69) is 6.92 Å². The molecule has 2 heteroatoms. The summed E-state index contributed by atoms with van der Waals surface area (Å²) in [5, 5.41) is 0. The van der Waals surface area contributed by atoms with Gasteiger partial charge in [0.15, 0.2) is 0 Å². The summed E-state index contributed by atoms with van der Waals surface area (Å²) in [6.07, 6.45) is 8.11. The third-order valence-electron chi connectivity index (χ3n) is 4.36. The first kappa shape index (κ1) is 11.1. The van der Waals surface area contributed by atoms with Crippen LogP contribution in [-0.2, 0) is 4.79 Å².